The number of aliphatic hydroxyl groups excluding tert-OH is 1. The van der Waals surface area contributed by atoms with Crippen molar-refractivity contribution in [3.05, 3.63) is 0 Å². The van der Waals surface area contributed by atoms with E-state index in [2.05, 4.69) is 11.8 Å². The molecule has 1 heterocycles. The van der Waals surface area contributed by atoms with Crippen molar-refractivity contribution in [2.75, 3.05) is 39.5 Å². The summed E-state index contributed by atoms with van der Waals surface area (Å²) in [5.74, 6) is 0.538. The summed E-state index contributed by atoms with van der Waals surface area (Å²) in [4.78, 5) is 2.37. The van der Waals surface area contributed by atoms with Crippen molar-refractivity contribution >= 4 is 0 Å². The first-order chi connectivity index (χ1) is 6.36. The van der Waals surface area contributed by atoms with Crippen LogP contribution in [0.1, 0.15) is 19.8 Å². The maximum absolute atomic E-state index is 8.79. The van der Waals surface area contributed by atoms with Crippen molar-refractivity contribution in [1.82, 2.24) is 4.90 Å². The number of likely N-dealkylation sites (tertiary alicyclic amines) is 1. The van der Waals surface area contributed by atoms with Gasteiger partial charge in [-0.2, -0.15) is 0 Å². The summed E-state index contributed by atoms with van der Waals surface area (Å²) in [6.45, 7) is 7.52. The summed E-state index contributed by atoms with van der Waals surface area (Å²) in [6.07, 6.45) is 2.23. The van der Waals surface area contributed by atoms with Gasteiger partial charge in [0.1, 0.15) is 0 Å². The zero-order valence-corrected chi connectivity index (χ0v) is 8.54. The van der Waals surface area contributed by atoms with Crippen LogP contribution in [0.4, 0.5) is 0 Å². The van der Waals surface area contributed by atoms with E-state index < -0.39 is 0 Å². The van der Waals surface area contributed by atoms with E-state index in [-0.39, 0.29) is 0 Å². The summed E-state index contributed by atoms with van der Waals surface area (Å²) < 4.78 is 5.38. The molecule has 0 bridgehead atoms. The molecule has 3 nitrogen and oxygen atoms in total. The highest BCUT2D eigenvalue weighted by molar-refractivity contribution is 4.78. The largest absolute Gasteiger partial charge is 0.396 e. The Morgan fingerprint density at radius 3 is 2.77 bits per heavy atom. The third kappa shape index (κ3) is 4.07. The molecule has 0 atom stereocenters. The Balaban J connectivity index is 1.80. The molecule has 3 heteroatoms. The van der Waals surface area contributed by atoms with Crippen LogP contribution < -0.4 is 0 Å². The molecule has 0 aromatic carbocycles. The average molecular weight is 187 g/mol. The van der Waals surface area contributed by atoms with Crippen molar-refractivity contribution in [3.63, 3.8) is 0 Å². The predicted octanol–water partition coefficient (Wildman–Crippen LogP) is 0.727. The molecule has 0 amide bonds. The summed E-state index contributed by atoms with van der Waals surface area (Å²) in [7, 11) is 0. The van der Waals surface area contributed by atoms with E-state index in [4.69, 9.17) is 9.84 Å². The third-order valence-electron chi connectivity index (χ3n) is 2.40. The van der Waals surface area contributed by atoms with Crippen molar-refractivity contribution in [2.24, 2.45) is 5.92 Å². The van der Waals surface area contributed by atoms with Crippen LogP contribution in [-0.2, 0) is 4.74 Å². The summed E-state index contributed by atoms with van der Waals surface area (Å²) in [6, 6.07) is 0. The molecule has 1 aliphatic heterocycles. The fraction of sp³-hybridized carbons (Fsp3) is 1.00. The molecule has 0 radical (unpaired) electrons. The SMILES string of the molecule is CCCOCCCN1CC(CO)C1. The van der Waals surface area contributed by atoms with E-state index in [0.717, 1.165) is 45.7 Å². The molecule has 1 aliphatic rings. The molecule has 0 unspecified atom stereocenters. The quantitative estimate of drug-likeness (QED) is 0.596. The van der Waals surface area contributed by atoms with Crippen LogP contribution in [0.15, 0.2) is 0 Å². The monoisotopic (exact) mass is 187 g/mol. The second-order valence-electron chi connectivity index (χ2n) is 3.77. The first kappa shape index (κ1) is 11.0. The fourth-order valence-corrected chi connectivity index (χ4v) is 1.61. The highest BCUT2D eigenvalue weighted by Gasteiger charge is 2.24. The lowest BCUT2D eigenvalue weighted by molar-refractivity contribution is 0.0428. The molecule has 1 rings (SSSR count). The van der Waals surface area contributed by atoms with Gasteiger partial charge >= 0.3 is 0 Å². The number of hydrogen-bond donors (Lipinski definition) is 1. The van der Waals surface area contributed by atoms with Gasteiger partial charge in [0.2, 0.25) is 0 Å². The van der Waals surface area contributed by atoms with Gasteiger partial charge in [-0.3, -0.25) is 0 Å². The Bertz CT molecular complexity index is 124. The van der Waals surface area contributed by atoms with Crippen LogP contribution in [0.3, 0.4) is 0 Å². The maximum Gasteiger partial charge on any atom is 0.0483 e. The first-order valence-corrected chi connectivity index (χ1v) is 5.27. The minimum absolute atomic E-state index is 0.350. The summed E-state index contributed by atoms with van der Waals surface area (Å²) in [5, 5.41) is 8.79. The molecular weight excluding hydrogens is 166 g/mol. The van der Waals surface area contributed by atoms with Gasteiger partial charge in [0.15, 0.2) is 0 Å². The smallest absolute Gasteiger partial charge is 0.0483 e. The van der Waals surface area contributed by atoms with Crippen molar-refractivity contribution in [3.8, 4) is 0 Å². The molecule has 13 heavy (non-hydrogen) atoms. The lowest BCUT2D eigenvalue weighted by atomic mass is 10.0. The Morgan fingerprint density at radius 1 is 1.38 bits per heavy atom. The highest BCUT2D eigenvalue weighted by Crippen LogP contribution is 2.14. The van der Waals surface area contributed by atoms with Crippen molar-refractivity contribution in [1.29, 1.82) is 0 Å². The Kier molecular flexibility index (Phi) is 5.35. The Morgan fingerprint density at radius 2 is 2.15 bits per heavy atom. The van der Waals surface area contributed by atoms with E-state index in [1.807, 2.05) is 0 Å². The number of hydrogen-bond acceptors (Lipinski definition) is 3. The second-order valence-corrected chi connectivity index (χ2v) is 3.77. The standard InChI is InChI=1S/C10H21NO2/c1-2-5-13-6-3-4-11-7-10(8-11)9-12/h10,12H,2-9H2,1H3. The molecule has 1 N–H and O–H groups in total. The van der Waals surface area contributed by atoms with Crippen LogP contribution >= 0.6 is 0 Å². The van der Waals surface area contributed by atoms with Crippen LogP contribution in [0.5, 0.6) is 0 Å². The molecule has 0 aromatic rings. The van der Waals surface area contributed by atoms with Crippen LogP contribution in [0, 0.1) is 5.92 Å². The average Bonchev–Trinajstić information content (AvgIpc) is 2.08. The number of aliphatic hydroxyl groups is 1. The summed E-state index contributed by atoms with van der Waals surface area (Å²) in [5.41, 5.74) is 0. The topological polar surface area (TPSA) is 32.7 Å². The van der Waals surface area contributed by atoms with Crippen molar-refractivity contribution < 1.29 is 9.84 Å². The first-order valence-electron chi connectivity index (χ1n) is 5.27. The molecule has 1 fully saturated rings. The van der Waals surface area contributed by atoms with Gasteiger partial charge in [-0.1, -0.05) is 6.92 Å². The minimum atomic E-state index is 0.350. The van der Waals surface area contributed by atoms with Gasteiger partial charge in [0.05, 0.1) is 0 Å². The minimum Gasteiger partial charge on any atom is -0.396 e. The zero-order valence-electron chi connectivity index (χ0n) is 8.54. The van der Waals surface area contributed by atoms with Crippen LogP contribution in [-0.4, -0.2) is 49.5 Å². The molecule has 0 aliphatic carbocycles. The molecule has 78 valence electrons. The lowest BCUT2D eigenvalue weighted by Gasteiger charge is -2.38. The van der Waals surface area contributed by atoms with E-state index in [1.165, 1.54) is 0 Å². The van der Waals surface area contributed by atoms with E-state index >= 15 is 0 Å². The lowest BCUT2D eigenvalue weighted by Crippen LogP contribution is -2.48. The highest BCUT2D eigenvalue weighted by atomic mass is 16.5. The third-order valence-corrected chi connectivity index (χ3v) is 2.40. The van der Waals surface area contributed by atoms with Gasteiger partial charge in [0.25, 0.3) is 0 Å². The number of rotatable bonds is 7. The van der Waals surface area contributed by atoms with E-state index in [1.54, 1.807) is 0 Å². The van der Waals surface area contributed by atoms with Gasteiger partial charge in [-0.25, -0.2) is 0 Å². The second kappa shape index (κ2) is 6.35. The van der Waals surface area contributed by atoms with Crippen LogP contribution in [0.2, 0.25) is 0 Å². The predicted molar refractivity (Wildman–Crippen MR) is 52.7 cm³/mol. The molecular formula is C10H21NO2. The van der Waals surface area contributed by atoms with Crippen molar-refractivity contribution in [2.45, 2.75) is 19.8 Å². The molecule has 0 aromatic heterocycles. The van der Waals surface area contributed by atoms with Gasteiger partial charge < -0.3 is 14.7 Å². The fourth-order valence-electron chi connectivity index (χ4n) is 1.61. The Hall–Kier alpha value is -0.120. The zero-order chi connectivity index (χ0) is 9.52. The summed E-state index contributed by atoms with van der Waals surface area (Å²) >= 11 is 0. The van der Waals surface area contributed by atoms with Gasteiger partial charge in [-0.05, 0) is 12.8 Å². The molecule has 0 saturated carbocycles. The number of ether oxygens (including phenoxy) is 1. The van der Waals surface area contributed by atoms with E-state index in [0.29, 0.717) is 12.5 Å². The van der Waals surface area contributed by atoms with Gasteiger partial charge in [0, 0.05) is 45.4 Å². The maximum atomic E-state index is 8.79. The molecule has 1 saturated heterocycles. The van der Waals surface area contributed by atoms with Gasteiger partial charge in [-0.15, -0.1) is 0 Å². The number of nitrogens with zero attached hydrogens (tertiary/aromatic N) is 1. The Labute approximate surface area is 80.7 Å². The van der Waals surface area contributed by atoms with E-state index in [9.17, 15) is 0 Å². The van der Waals surface area contributed by atoms with Crippen LogP contribution in [0.25, 0.3) is 0 Å². The molecule has 0 spiro atoms. The normalized spacial score (nSPS) is 18.9.